The summed E-state index contributed by atoms with van der Waals surface area (Å²) in [5, 5.41) is 1.39. The molecule has 0 atom stereocenters. The topological polar surface area (TPSA) is 55.2 Å². The van der Waals surface area contributed by atoms with E-state index in [4.69, 9.17) is 4.98 Å². The predicted octanol–water partition coefficient (Wildman–Crippen LogP) is 4.59. The Morgan fingerprint density at radius 1 is 1.19 bits per heavy atom. The third-order valence-corrected chi connectivity index (χ3v) is 8.23. The predicted molar refractivity (Wildman–Crippen MR) is 129 cm³/mol. The number of para-hydroxylation sites is 1. The first kappa shape index (κ1) is 20.5. The number of carbonyl (C=O) groups is 1. The molecule has 0 radical (unpaired) electrons. The highest BCUT2D eigenvalue weighted by atomic mass is 32.2. The Morgan fingerprint density at radius 3 is 2.90 bits per heavy atom. The minimum atomic E-state index is 0.00238. The zero-order valence-corrected chi connectivity index (χ0v) is 19.1. The van der Waals surface area contributed by atoms with E-state index in [9.17, 15) is 9.59 Å². The molecule has 0 spiro atoms. The Hall–Kier alpha value is -2.38. The maximum Gasteiger partial charge on any atom is 0.263 e. The largest absolute Gasteiger partial charge is 0.311 e. The van der Waals surface area contributed by atoms with Crippen molar-refractivity contribution in [3.63, 3.8) is 0 Å². The number of carbonyl (C=O) groups excluding carboxylic acids is 1. The van der Waals surface area contributed by atoms with Gasteiger partial charge in [0.1, 0.15) is 4.83 Å². The summed E-state index contributed by atoms with van der Waals surface area (Å²) in [7, 11) is 0. The van der Waals surface area contributed by atoms with Gasteiger partial charge < -0.3 is 4.90 Å². The van der Waals surface area contributed by atoms with Crippen LogP contribution in [0.25, 0.3) is 10.2 Å². The van der Waals surface area contributed by atoms with Crippen LogP contribution in [-0.2, 0) is 30.6 Å². The van der Waals surface area contributed by atoms with Crippen LogP contribution in [0, 0.1) is 0 Å². The monoisotopic (exact) mass is 451 g/mol. The molecule has 7 heteroatoms. The number of fused-ring (bicyclic) bond motifs is 4. The van der Waals surface area contributed by atoms with Gasteiger partial charge >= 0.3 is 0 Å². The zero-order valence-electron chi connectivity index (χ0n) is 17.4. The molecule has 0 unspecified atom stereocenters. The van der Waals surface area contributed by atoms with E-state index < -0.39 is 0 Å². The fourth-order valence-corrected chi connectivity index (χ4v) is 6.80. The van der Waals surface area contributed by atoms with Gasteiger partial charge in [-0.1, -0.05) is 36.0 Å². The number of rotatable bonds is 5. The molecular formula is C24H25N3O2S2. The van der Waals surface area contributed by atoms with Crippen LogP contribution < -0.4 is 10.5 Å². The second-order valence-corrected chi connectivity index (χ2v) is 10.1. The van der Waals surface area contributed by atoms with Gasteiger partial charge in [0, 0.05) is 23.7 Å². The fourth-order valence-electron chi connectivity index (χ4n) is 4.62. The number of aromatic nitrogens is 2. The molecule has 1 amide bonds. The van der Waals surface area contributed by atoms with Crippen LogP contribution >= 0.6 is 23.1 Å². The summed E-state index contributed by atoms with van der Waals surface area (Å²) < 4.78 is 1.68. The van der Waals surface area contributed by atoms with Crippen LogP contribution in [0.4, 0.5) is 5.69 Å². The Bertz CT molecular complexity index is 1230. The lowest BCUT2D eigenvalue weighted by Gasteiger charge is -2.29. The fraction of sp³-hybridized carbons (Fsp3) is 0.375. The van der Waals surface area contributed by atoms with E-state index in [0.717, 1.165) is 54.6 Å². The molecule has 1 aliphatic carbocycles. The summed E-state index contributed by atoms with van der Waals surface area (Å²) in [5.41, 5.74) is 3.43. The van der Waals surface area contributed by atoms with E-state index in [1.54, 1.807) is 22.0 Å². The van der Waals surface area contributed by atoms with Gasteiger partial charge in [-0.2, -0.15) is 0 Å². The smallest absolute Gasteiger partial charge is 0.263 e. The van der Waals surface area contributed by atoms with Crippen LogP contribution in [0.5, 0.6) is 0 Å². The lowest BCUT2D eigenvalue weighted by molar-refractivity contribution is -0.116. The Labute approximate surface area is 189 Å². The van der Waals surface area contributed by atoms with Gasteiger partial charge in [-0.05, 0) is 55.7 Å². The van der Waals surface area contributed by atoms with E-state index in [1.165, 1.54) is 34.2 Å². The van der Waals surface area contributed by atoms with E-state index in [-0.39, 0.29) is 17.2 Å². The van der Waals surface area contributed by atoms with E-state index >= 15 is 0 Å². The van der Waals surface area contributed by atoms with E-state index in [1.807, 2.05) is 23.1 Å². The summed E-state index contributed by atoms with van der Waals surface area (Å²) in [6.07, 6.45) is 8.00. The summed E-state index contributed by atoms with van der Waals surface area (Å²) in [6, 6.07) is 8.12. The number of anilines is 1. The van der Waals surface area contributed by atoms with Crippen LogP contribution in [0.1, 0.15) is 35.3 Å². The number of benzene rings is 1. The summed E-state index contributed by atoms with van der Waals surface area (Å²) in [5.74, 6) is 0.316. The molecule has 0 N–H and O–H groups in total. The van der Waals surface area contributed by atoms with Crippen molar-refractivity contribution in [3.8, 4) is 0 Å². The number of hydrogen-bond donors (Lipinski definition) is 0. The van der Waals surface area contributed by atoms with Gasteiger partial charge in [0.05, 0.1) is 11.1 Å². The van der Waals surface area contributed by atoms with Crippen molar-refractivity contribution < 1.29 is 4.79 Å². The molecule has 0 fully saturated rings. The molecule has 0 bridgehead atoms. The first-order valence-corrected chi connectivity index (χ1v) is 12.6. The Kier molecular flexibility index (Phi) is 5.71. The normalized spacial score (nSPS) is 15.5. The molecule has 0 saturated carbocycles. The Balaban J connectivity index is 1.45. The summed E-state index contributed by atoms with van der Waals surface area (Å²) >= 11 is 3.01. The third kappa shape index (κ3) is 3.74. The zero-order chi connectivity index (χ0) is 21.4. The van der Waals surface area contributed by atoms with Gasteiger partial charge in [-0.3, -0.25) is 14.2 Å². The third-order valence-electron chi connectivity index (χ3n) is 6.09. The number of nitrogens with zero attached hydrogens (tertiary/aromatic N) is 3. The average molecular weight is 452 g/mol. The highest BCUT2D eigenvalue weighted by Crippen LogP contribution is 2.35. The molecule has 1 aromatic carbocycles. The van der Waals surface area contributed by atoms with Crippen LogP contribution in [-0.4, -0.2) is 27.8 Å². The molecular weight excluding hydrogens is 426 g/mol. The maximum absolute atomic E-state index is 13.4. The van der Waals surface area contributed by atoms with Crippen molar-refractivity contribution in [2.75, 3.05) is 17.2 Å². The molecule has 2 aromatic heterocycles. The average Bonchev–Trinajstić information content (AvgIpc) is 3.17. The Morgan fingerprint density at radius 2 is 2.03 bits per heavy atom. The number of thiophene rings is 1. The molecule has 5 nitrogen and oxygen atoms in total. The van der Waals surface area contributed by atoms with Crippen molar-refractivity contribution in [1.82, 2.24) is 9.55 Å². The number of allylic oxidation sites excluding steroid dienone is 1. The van der Waals surface area contributed by atoms with Crippen LogP contribution in [0.2, 0.25) is 0 Å². The van der Waals surface area contributed by atoms with Gasteiger partial charge in [0.15, 0.2) is 5.16 Å². The van der Waals surface area contributed by atoms with Crippen molar-refractivity contribution in [2.45, 2.75) is 50.2 Å². The first-order chi connectivity index (χ1) is 15.2. The second-order valence-electron chi connectivity index (χ2n) is 8.06. The summed E-state index contributed by atoms with van der Waals surface area (Å²) in [4.78, 5) is 35.3. The van der Waals surface area contributed by atoms with Crippen molar-refractivity contribution in [3.05, 3.63) is 63.3 Å². The molecule has 3 heterocycles. The second kappa shape index (κ2) is 8.63. The van der Waals surface area contributed by atoms with E-state index in [0.29, 0.717) is 11.7 Å². The maximum atomic E-state index is 13.4. The molecule has 160 valence electrons. The quantitative estimate of drug-likeness (QED) is 0.323. The SMILES string of the molecule is C=CCn1c(SCC(=O)N2CCCc3ccccc32)nc2sc3c(c2c1=O)CCCC3. The number of thioether (sulfide) groups is 1. The van der Waals surface area contributed by atoms with Gasteiger partial charge in [0.2, 0.25) is 5.91 Å². The van der Waals surface area contributed by atoms with Gasteiger partial charge in [0.25, 0.3) is 5.56 Å². The molecule has 1 aliphatic heterocycles. The van der Waals surface area contributed by atoms with Crippen LogP contribution in [0.15, 0.2) is 46.9 Å². The molecule has 5 rings (SSSR count). The minimum Gasteiger partial charge on any atom is -0.311 e. The lowest BCUT2D eigenvalue weighted by atomic mass is 9.97. The van der Waals surface area contributed by atoms with Crippen molar-refractivity contribution in [1.29, 1.82) is 0 Å². The molecule has 2 aliphatic rings. The molecule has 3 aromatic rings. The number of amides is 1. The van der Waals surface area contributed by atoms with E-state index in [2.05, 4.69) is 12.6 Å². The standard InChI is InChI=1S/C24H25N3O2S2/c1-2-13-27-23(29)21-17-10-4-6-12-19(17)31-22(21)25-24(27)30-15-20(28)26-14-7-9-16-8-3-5-11-18(16)26/h2-3,5,8,11H,1,4,6-7,9-10,12-15H2. The minimum absolute atomic E-state index is 0.00238. The summed E-state index contributed by atoms with van der Waals surface area (Å²) in [6.45, 7) is 4.95. The number of aryl methyl sites for hydroxylation is 3. The van der Waals surface area contributed by atoms with Crippen molar-refractivity contribution >= 4 is 44.9 Å². The lowest BCUT2D eigenvalue weighted by Crippen LogP contribution is -2.36. The van der Waals surface area contributed by atoms with Gasteiger partial charge in [-0.25, -0.2) is 4.98 Å². The molecule has 0 saturated heterocycles. The highest BCUT2D eigenvalue weighted by molar-refractivity contribution is 7.99. The van der Waals surface area contributed by atoms with Crippen molar-refractivity contribution in [2.24, 2.45) is 0 Å². The van der Waals surface area contributed by atoms with Gasteiger partial charge in [-0.15, -0.1) is 17.9 Å². The molecule has 31 heavy (non-hydrogen) atoms. The highest BCUT2D eigenvalue weighted by Gasteiger charge is 2.25. The first-order valence-electron chi connectivity index (χ1n) is 10.8. The van der Waals surface area contributed by atoms with Crippen LogP contribution in [0.3, 0.4) is 0 Å². The number of hydrogen-bond acceptors (Lipinski definition) is 5.